The minimum absolute atomic E-state index is 1.15. The molecule has 114 heavy (non-hydrogen) atoms. The second kappa shape index (κ2) is 25.2. The summed E-state index contributed by atoms with van der Waals surface area (Å²) in [6, 6.07) is 152. The van der Waals surface area contributed by atoms with E-state index in [0.717, 1.165) is 5.69 Å². The number of rotatable bonds is 7. The third-order valence-corrected chi connectivity index (χ3v) is 24.5. The molecule has 0 aliphatic carbocycles. The number of aromatic nitrogens is 4. The number of benzene rings is 21. The number of fused-ring (bicyclic) bond motifs is 26. The van der Waals surface area contributed by atoms with Gasteiger partial charge in [0.1, 0.15) is 0 Å². The van der Waals surface area contributed by atoms with E-state index in [4.69, 9.17) is 0 Å². The van der Waals surface area contributed by atoms with Crippen molar-refractivity contribution in [3.05, 3.63) is 413 Å². The Morgan fingerprint density at radius 3 is 0.693 bits per heavy atom. The van der Waals surface area contributed by atoms with Crippen molar-refractivity contribution in [2.24, 2.45) is 0 Å². The van der Waals surface area contributed by atoms with Crippen LogP contribution in [0.15, 0.2) is 413 Å². The summed E-state index contributed by atoms with van der Waals surface area (Å²) < 4.78 is 9.70. The van der Waals surface area contributed by atoms with Gasteiger partial charge in [-0.1, -0.05) is 285 Å². The van der Waals surface area contributed by atoms with E-state index in [-0.39, 0.29) is 0 Å². The molecule has 0 saturated carbocycles. The SMILES string of the molecule is c1cc(-c2ccc3c4ccccc4c4ccccc4c3c2)cc(-n2c3ccccc3c3cc(-c4ccc5c(c4)c4ccccc4n5-c4ccc5ccccc5c4)ccc32)c1.c1ccc2cc(-n3c4ccccc4c4cc(-c5ccc6c(c5)c5ccccc5n6-c5ccc6c7ccccc7c7ccccc7c6c5)ccc43)ccc2c1. The largest absolute Gasteiger partial charge is 0.309 e. The van der Waals surface area contributed by atoms with Crippen molar-refractivity contribution in [1.29, 1.82) is 0 Å². The van der Waals surface area contributed by atoms with E-state index >= 15 is 0 Å². The first-order chi connectivity index (χ1) is 56.5. The molecule has 4 heterocycles. The molecule has 4 nitrogen and oxygen atoms in total. The maximum Gasteiger partial charge on any atom is 0.0541 e. The van der Waals surface area contributed by atoms with Gasteiger partial charge in [0.25, 0.3) is 0 Å². The highest BCUT2D eigenvalue weighted by atomic mass is 15.0. The zero-order chi connectivity index (χ0) is 74.6. The zero-order valence-corrected chi connectivity index (χ0v) is 62.0. The van der Waals surface area contributed by atoms with Crippen molar-refractivity contribution in [2.75, 3.05) is 0 Å². The molecule has 0 amide bonds. The van der Waals surface area contributed by atoms with Gasteiger partial charge >= 0.3 is 0 Å². The molecular formula is C110H68N4. The molecule has 0 unspecified atom stereocenters. The molecule has 0 spiro atoms. The van der Waals surface area contributed by atoms with Crippen molar-refractivity contribution < 1.29 is 0 Å². The lowest BCUT2D eigenvalue weighted by molar-refractivity contribution is 1.18. The van der Waals surface area contributed by atoms with Gasteiger partial charge in [-0.3, -0.25) is 0 Å². The van der Waals surface area contributed by atoms with E-state index < -0.39 is 0 Å². The van der Waals surface area contributed by atoms with Crippen LogP contribution in [0.2, 0.25) is 0 Å². The van der Waals surface area contributed by atoms with Crippen molar-refractivity contribution in [2.45, 2.75) is 0 Å². The van der Waals surface area contributed by atoms with Crippen LogP contribution in [0.5, 0.6) is 0 Å². The molecule has 0 bridgehead atoms. The maximum atomic E-state index is 2.44. The Bertz CT molecular complexity index is 8310. The Balaban J connectivity index is 0.000000132. The van der Waals surface area contributed by atoms with Crippen LogP contribution in [-0.2, 0) is 0 Å². The number of hydrogen-bond acceptors (Lipinski definition) is 0. The molecule has 0 N–H and O–H groups in total. The van der Waals surface area contributed by atoms with Crippen LogP contribution >= 0.6 is 0 Å². The van der Waals surface area contributed by atoms with Crippen molar-refractivity contribution in [3.63, 3.8) is 0 Å². The molecule has 25 aromatic rings. The van der Waals surface area contributed by atoms with Gasteiger partial charge in [-0.05, 0) is 247 Å². The maximum absolute atomic E-state index is 2.44. The molecule has 25 rings (SSSR count). The van der Waals surface area contributed by atoms with E-state index in [9.17, 15) is 0 Å². The minimum Gasteiger partial charge on any atom is -0.309 e. The molecule has 0 saturated heterocycles. The average Bonchev–Trinajstić information content (AvgIpc) is 1.15. The summed E-state index contributed by atoms with van der Waals surface area (Å²) in [5.74, 6) is 0. The van der Waals surface area contributed by atoms with Gasteiger partial charge in [0.05, 0.1) is 44.1 Å². The van der Waals surface area contributed by atoms with Crippen molar-refractivity contribution >= 4 is 173 Å². The van der Waals surface area contributed by atoms with E-state index in [1.807, 2.05) is 0 Å². The molecule has 528 valence electrons. The number of nitrogens with zero attached hydrogens (tertiary/aromatic N) is 4. The molecule has 0 aliphatic rings. The summed E-state index contributed by atoms with van der Waals surface area (Å²) >= 11 is 0. The fourth-order valence-corrected chi connectivity index (χ4v) is 19.3. The van der Waals surface area contributed by atoms with E-state index in [0.29, 0.717) is 0 Å². The van der Waals surface area contributed by atoms with E-state index in [1.54, 1.807) is 0 Å². The van der Waals surface area contributed by atoms with Crippen molar-refractivity contribution in [3.8, 4) is 56.1 Å². The Morgan fingerprint density at radius 1 is 0.105 bits per heavy atom. The summed E-state index contributed by atoms with van der Waals surface area (Å²) in [6.45, 7) is 0. The predicted octanol–water partition coefficient (Wildman–Crippen LogP) is 30.0. The van der Waals surface area contributed by atoms with Gasteiger partial charge < -0.3 is 18.3 Å². The Labute approximate surface area is 655 Å². The first kappa shape index (κ1) is 63.8. The summed E-state index contributed by atoms with van der Waals surface area (Å²) in [7, 11) is 0. The highest BCUT2D eigenvalue weighted by Gasteiger charge is 2.22. The normalized spacial score (nSPS) is 12.0. The lowest BCUT2D eigenvalue weighted by Crippen LogP contribution is -1.94. The average molecular weight is 1450 g/mol. The standard InChI is InChI=1S/C58H36N2.C52H32N2/c1-2-13-38-32-44(28-24-37(38)12-1)60-56-23-10-8-21-51(56)54-36-42(27-31-58(54)60)41-26-30-57-53(35-41)50-20-7-9-22-55(50)59(57)43-15-11-14-39(33-43)40-25-29-49-47-18-4-3-16-45(47)46-17-5-6-19-48(46)52(49)34-40;1-2-12-34-29-37(24-21-33(34)11-1)53-49-19-9-7-17-44(49)47-30-35(22-27-51(47)53)36-23-28-52-48(31-36)45-18-8-10-20-50(45)54(52)38-25-26-43-41-15-4-3-13-39(41)40-14-5-6-16-42(40)46(43)32-38/h1-36H;1-32H. The lowest BCUT2D eigenvalue weighted by Gasteiger charge is -2.14. The Morgan fingerprint density at radius 2 is 0.333 bits per heavy atom. The van der Waals surface area contributed by atoms with Gasteiger partial charge in [0.15, 0.2) is 0 Å². The lowest BCUT2D eigenvalue weighted by atomic mass is 9.92. The van der Waals surface area contributed by atoms with Crippen LogP contribution < -0.4 is 0 Å². The monoisotopic (exact) mass is 1440 g/mol. The fraction of sp³-hybridized carbons (Fsp3) is 0. The molecule has 0 radical (unpaired) electrons. The van der Waals surface area contributed by atoms with Crippen molar-refractivity contribution in [1.82, 2.24) is 18.3 Å². The third kappa shape index (κ3) is 9.84. The fourth-order valence-electron chi connectivity index (χ4n) is 19.3. The van der Waals surface area contributed by atoms with E-state index in [2.05, 4.69) is 431 Å². The second-order valence-corrected chi connectivity index (χ2v) is 30.6. The number of hydrogen-bond donors (Lipinski definition) is 0. The Kier molecular flexibility index (Phi) is 14.1. The van der Waals surface area contributed by atoms with Crippen LogP contribution in [-0.4, -0.2) is 18.3 Å². The van der Waals surface area contributed by atoms with Crippen LogP contribution in [0.3, 0.4) is 0 Å². The molecular weight excluding hydrogens is 1380 g/mol. The molecule has 0 fully saturated rings. The first-order valence-corrected chi connectivity index (χ1v) is 39.4. The van der Waals surface area contributed by atoms with Gasteiger partial charge in [-0.2, -0.15) is 0 Å². The highest BCUT2D eigenvalue weighted by Crippen LogP contribution is 2.45. The Hall–Kier alpha value is -15.1. The molecule has 4 aromatic heterocycles. The van der Waals surface area contributed by atoms with Gasteiger partial charge in [0.2, 0.25) is 0 Å². The molecule has 4 heteroatoms. The highest BCUT2D eigenvalue weighted by molar-refractivity contribution is 6.28. The first-order valence-electron chi connectivity index (χ1n) is 39.4. The molecule has 21 aromatic carbocycles. The van der Waals surface area contributed by atoms with Crippen LogP contribution in [0, 0.1) is 0 Å². The van der Waals surface area contributed by atoms with Crippen LogP contribution in [0.25, 0.3) is 230 Å². The predicted molar refractivity (Wildman–Crippen MR) is 487 cm³/mol. The summed E-state index contributed by atoms with van der Waals surface area (Å²) in [6.07, 6.45) is 0. The number of para-hydroxylation sites is 4. The van der Waals surface area contributed by atoms with E-state index in [1.165, 1.54) is 224 Å². The molecule has 0 atom stereocenters. The topological polar surface area (TPSA) is 19.7 Å². The zero-order valence-electron chi connectivity index (χ0n) is 62.0. The minimum atomic E-state index is 1.15. The smallest absolute Gasteiger partial charge is 0.0541 e. The second-order valence-electron chi connectivity index (χ2n) is 30.6. The third-order valence-electron chi connectivity index (χ3n) is 24.5. The molecule has 0 aliphatic heterocycles. The summed E-state index contributed by atoms with van der Waals surface area (Å²) in [4.78, 5) is 0. The van der Waals surface area contributed by atoms with Gasteiger partial charge in [-0.15, -0.1) is 0 Å². The quantitative estimate of drug-likeness (QED) is 0.142. The van der Waals surface area contributed by atoms with Gasteiger partial charge in [-0.25, -0.2) is 0 Å². The summed E-state index contributed by atoms with van der Waals surface area (Å²) in [5.41, 5.74) is 21.6. The van der Waals surface area contributed by atoms with Crippen LogP contribution in [0.4, 0.5) is 0 Å². The van der Waals surface area contributed by atoms with Gasteiger partial charge in [0, 0.05) is 65.8 Å². The summed E-state index contributed by atoms with van der Waals surface area (Å²) in [5, 5.41) is 30.5. The van der Waals surface area contributed by atoms with Crippen LogP contribution in [0.1, 0.15) is 0 Å².